The van der Waals surface area contributed by atoms with Crippen molar-refractivity contribution in [3.05, 3.63) is 75.8 Å². The van der Waals surface area contributed by atoms with Crippen molar-refractivity contribution < 1.29 is 18.0 Å². The minimum absolute atomic E-state index is 0.161. The van der Waals surface area contributed by atoms with E-state index < -0.39 is 23.2 Å². The Kier molecular flexibility index (Phi) is 5.22. The van der Waals surface area contributed by atoms with Crippen LogP contribution in [0.25, 0.3) is 10.9 Å². The number of fused-ring (bicyclic) bond motifs is 1. The third kappa shape index (κ3) is 4.05. The van der Waals surface area contributed by atoms with Gasteiger partial charge in [0.2, 0.25) is 5.91 Å². The molecule has 3 aromatic rings. The molecule has 0 aliphatic rings. The fourth-order valence-electron chi connectivity index (χ4n) is 2.85. The van der Waals surface area contributed by atoms with E-state index in [9.17, 15) is 22.8 Å². The highest BCUT2D eigenvalue weighted by Gasteiger charge is 2.30. The summed E-state index contributed by atoms with van der Waals surface area (Å²) in [6.07, 6.45) is -4.79. The number of carbonyl (C=O) groups is 1. The van der Waals surface area contributed by atoms with Crippen molar-refractivity contribution in [2.45, 2.75) is 32.4 Å². The lowest BCUT2D eigenvalue weighted by Crippen LogP contribution is -2.37. The van der Waals surface area contributed by atoms with Gasteiger partial charge in [0.15, 0.2) is 0 Å². The standard InChI is InChI=1S/C20H18F3N3O2/c1-12(2)18-24-16-9-4-3-8-15(16)19(28)26(18)25-17(27)11-13-6-5-7-14(10-13)20(21,22)23/h3-10,12H,11H2,1-2H3,(H,25,27). The van der Waals surface area contributed by atoms with Crippen LogP contribution in [0, 0.1) is 0 Å². The van der Waals surface area contributed by atoms with Gasteiger partial charge in [-0.15, -0.1) is 0 Å². The third-order valence-electron chi connectivity index (χ3n) is 4.17. The fraction of sp³-hybridized carbons (Fsp3) is 0.250. The molecule has 0 radical (unpaired) electrons. The second-order valence-electron chi connectivity index (χ2n) is 6.69. The van der Waals surface area contributed by atoms with Crippen LogP contribution in [0.3, 0.4) is 0 Å². The van der Waals surface area contributed by atoms with Crippen LogP contribution >= 0.6 is 0 Å². The van der Waals surface area contributed by atoms with Crippen LogP contribution in [0.15, 0.2) is 53.3 Å². The number of nitrogens with zero attached hydrogens (tertiary/aromatic N) is 2. The second-order valence-corrected chi connectivity index (χ2v) is 6.69. The molecule has 0 aliphatic carbocycles. The maximum atomic E-state index is 12.8. The van der Waals surface area contributed by atoms with Crippen LogP contribution in [-0.4, -0.2) is 15.6 Å². The molecule has 0 spiro atoms. The van der Waals surface area contributed by atoms with Crippen molar-refractivity contribution in [2.24, 2.45) is 0 Å². The molecule has 0 atom stereocenters. The van der Waals surface area contributed by atoms with Crippen LogP contribution in [0.4, 0.5) is 13.2 Å². The summed E-state index contributed by atoms with van der Waals surface area (Å²) in [5, 5.41) is 0.339. The van der Waals surface area contributed by atoms with Gasteiger partial charge in [-0.05, 0) is 23.8 Å². The first-order chi connectivity index (χ1) is 13.2. The van der Waals surface area contributed by atoms with Gasteiger partial charge in [0, 0.05) is 5.92 Å². The summed E-state index contributed by atoms with van der Waals surface area (Å²) in [4.78, 5) is 29.7. The van der Waals surface area contributed by atoms with Crippen molar-refractivity contribution >= 4 is 16.8 Å². The maximum absolute atomic E-state index is 12.8. The lowest BCUT2D eigenvalue weighted by atomic mass is 10.1. The number of rotatable bonds is 4. The van der Waals surface area contributed by atoms with Crippen molar-refractivity contribution in [1.82, 2.24) is 9.66 Å². The van der Waals surface area contributed by atoms with Crippen LogP contribution in [0.2, 0.25) is 0 Å². The maximum Gasteiger partial charge on any atom is 0.416 e. The lowest BCUT2D eigenvalue weighted by molar-refractivity contribution is -0.137. The van der Waals surface area contributed by atoms with Gasteiger partial charge in [-0.2, -0.15) is 13.2 Å². The average molecular weight is 389 g/mol. The Balaban J connectivity index is 1.92. The van der Waals surface area contributed by atoms with Gasteiger partial charge in [0.05, 0.1) is 22.9 Å². The molecule has 3 rings (SSSR count). The minimum atomic E-state index is -4.49. The number of aromatic nitrogens is 2. The number of benzene rings is 2. The quantitative estimate of drug-likeness (QED) is 0.737. The van der Waals surface area contributed by atoms with Crippen LogP contribution in [-0.2, 0) is 17.4 Å². The first-order valence-corrected chi connectivity index (χ1v) is 8.64. The van der Waals surface area contributed by atoms with E-state index in [2.05, 4.69) is 10.4 Å². The summed E-state index contributed by atoms with van der Waals surface area (Å²) in [5.74, 6) is -0.410. The molecule has 1 aromatic heterocycles. The lowest BCUT2D eigenvalue weighted by Gasteiger charge is -2.16. The molecule has 0 saturated carbocycles. The summed E-state index contributed by atoms with van der Waals surface area (Å²) < 4.78 is 39.6. The Bertz CT molecular complexity index is 1090. The highest BCUT2D eigenvalue weighted by atomic mass is 19.4. The zero-order chi connectivity index (χ0) is 20.5. The van der Waals surface area contributed by atoms with E-state index in [-0.39, 0.29) is 17.9 Å². The Hall–Kier alpha value is -3.16. The Morgan fingerprint density at radius 1 is 1.14 bits per heavy atom. The molecule has 0 unspecified atom stereocenters. The number of para-hydroxylation sites is 1. The highest BCUT2D eigenvalue weighted by molar-refractivity contribution is 5.86. The molecule has 0 bridgehead atoms. The van der Waals surface area contributed by atoms with Gasteiger partial charge in [0.1, 0.15) is 5.82 Å². The van der Waals surface area contributed by atoms with Crippen LogP contribution in [0.5, 0.6) is 0 Å². The molecule has 1 heterocycles. The van der Waals surface area contributed by atoms with E-state index in [1.807, 2.05) is 13.8 Å². The van der Waals surface area contributed by atoms with E-state index in [4.69, 9.17) is 0 Å². The van der Waals surface area contributed by atoms with Crippen molar-refractivity contribution in [2.75, 3.05) is 5.43 Å². The van der Waals surface area contributed by atoms with Gasteiger partial charge in [-0.25, -0.2) is 9.66 Å². The van der Waals surface area contributed by atoms with E-state index >= 15 is 0 Å². The number of nitrogens with one attached hydrogen (secondary N) is 1. The zero-order valence-electron chi connectivity index (χ0n) is 15.2. The molecule has 8 heteroatoms. The summed E-state index contributed by atoms with van der Waals surface area (Å²) in [7, 11) is 0. The largest absolute Gasteiger partial charge is 0.416 e. The molecular weight excluding hydrogens is 371 g/mol. The van der Waals surface area contributed by atoms with Gasteiger partial charge in [0.25, 0.3) is 5.56 Å². The van der Waals surface area contributed by atoms with Gasteiger partial charge in [-0.1, -0.05) is 44.2 Å². The molecule has 146 valence electrons. The SMILES string of the molecule is CC(C)c1nc2ccccc2c(=O)n1NC(=O)Cc1cccc(C(F)(F)F)c1. The Morgan fingerprint density at radius 2 is 1.86 bits per heavy atom. The first kappa shape index (κ1) is 19.6. The third-order valence-corrected chi connectivity index (χ3v) is 4.17. The molecule has 5 nitrogen and oxygen atoms in total. The first-order valence-electron chi connectivity index (χ1n) is 8.64. The van der Waals surface area contributed by atoms with Crippen LogP contribution < -0.4 is 11.0 Å². The fourth-order valence-corrected chi connectivity index (χ4v) is 2.85. The van der Waals surface area contributed by atoms with Crippen LogP contribution in [0.1, 0.15) is 36.7 Å². The number of hydrogen-bond acceptors (Lipinski definition) is 3. The predicted octanol–water partition coefficient (Wildman–Crippen LogP) is 3.85. The van der Waals surface area contributed by atoms with E-state index in [1.165, 1.54) is 12.1 Å². The normalized spacial score (nSPS) is 11.8. The number of alkyl halides is 3. The van der Waals surface area contributed by atoms with Gasteiger partial charge >= 0.3 is 6.18 Å². The summed E-state index contributed by atoms with van der Waals surface area (Å²) in [5.41, 5.74) is 1.92. The summed E-state index contributed by atoms with van der Waals surface area (Å²) in [6.45, 7) is 3.65. The number of amides is 1. The number of hydrogen-bond donors (Lipinski definition) is 1. The molecule has 1 N–H and O–H groups in total. The highest BCUT2D eigenvalue weighted by Crippen LogP contribution is 2.29. The smallest absolute Gasteiger partial charge is 0.273 e. The monoisotopic (exact) mass is 389 g/mol. The van der Waals surface area contributed by atoms with E-state index in [1.54, 1.807) is 24.3 Å². The average Bonchev–Trinajstić information content (AvgIpc) is 2.63. The molecular formula is C20H18F3N3O2. The molecule has 0 fully saturated rings. The van der Waals surface area contributed by atoms with E-state index in [0.29, 0.717) is 16.7 Å². The molecule has 1 amide bonds. The van der Waals surface area contributed by atoms with Gasteiger partial charge in [-0.3, -0.25) is 15.0 Å². The minimum Gasteiger partial charge on any atom is -0.273 e. The Labute approximate surface area is 158 Å². The Morgan fingerprint density at radius 3 is 2.54 bits per heavy atom. The molecule has 0 aliphatic heterocycles. The van der Waals surface area contributed by atoms with Gasteiger partial charge < -0.3 is 0 Å². The zero-order valence-corrected chi connectivity index (χ0v) is 15.2. The van der Waals surface area contributed by atoms with E-state index in [0.717, 1.165) is 16.8 Å². The number of halogens is 3. The molecule has 28 heavy (non-hydrogen) atoms. The second kappa shape index (κ2) is 7.46. The number of carbonyl (C=O) groups excluding carboxylic acids is 1. The van der Waals surface area contributed by atoms with Crippen molar-refractivity contribution in [3.63, 3.8) is 0 Å². The summed E-state index contributed by atoms with van der Waals surface area (Å²) >= 11 is 0. The van der Waals surface area contributed by atoms with Crippen molar-refractivity contribution in [1.29, 1.82) is 0 Å². The topological polar surface area (TPSA) is 64.0 Å². The molecule has 0 saturated heterocycles. The molecule has 2 aromatic carbocycles. The summed E-state index contributed by atoms with van der Waals surface area (Å²) in [6, 6.07) is 11.3. The van der Waals surface area contributed by atoms with Crippen molar-refractivity contribution in [3.8, 4) is 0 Å². The predicted molar refractivity (Wildman–Crippen MR) is 99.6 cm³/mol.